The van der Waals surface area contributed by atoms with E-state index in [1.165, 1.54) is 81.6 Å². The van der Waals surface area contributed by atoms with Crippen LogP contribution in [0.1, 0.15) is 55.5 Å². The lowest BCUT2D eigenvalue weighted by molar-refractivity contribution is -0.138. The topological polar surface area (TPSA) is 242 Å². The number of amides is 4. The Labute approximate surface area is 783 Å². The Bertz CT molecular complexity index is 6550. The van der Waals surface area contributed by atoms with Gasteiger partial charge in [0.05, 0.1) is 49.4 Å². The maximum atomic E-state index is 13.9. The highest BCUT2D eigenvalue weighted by Gasteiger charge is 2.51. The van der Waals surface area contributed by atoms with Gasteiger partial charge in [0.25, 0.3) is 5.91 Å². The molecule has 15 rings (SSSR count). The SMILES string of the molecule is CC1(C)C(=O)N(Cl)C(=O)N1Cl.CC=NC(C)=O.CO.COc1cc(C(F)(F)F)ccc1-c1nccc2cc(S(=O)(=O)Oc3c(F)c(F)c(F)c(F)c3F)ccc12.COc1cc(C(F)(F)F)ccc1-c1nccc2cc(SCc3ccccc3)ccc12.COc1cc(C(F)(F)F)ccc1O[B]O.Clc1nccc2cc(Br)ccc12.Clc1nccc2cc(SCc3ccccc3)ccc12. The van der Waals surface area contributed by atoms with E-state index in [-0.39, 0.29) is 50.9 Å². The van der Waals surface area contributed by atoms with Crippen LogP contribution in [0.25, 0.3) is 65.6 Å². The highest BCUT2D eigenvalue weighted by Crippen LogP contribution is 2.44. The largest absolute Gasteiger partial charge is 0.569 e. The van der Waals surface area contributed by atoms with Crippen molar-refractivity contribution in [2.24, 2.45) is 4.99 Å². The second-order valence-corrected chi connectivity index (χ2v) is 33.0. The maximum absolute atomic E-state index is 13.9. The molecule has 1 aliphatic heterocycles. The van der Waals surface area contributed by atoms with Crippen LogP contribution < -0.4 is 23.0 Å². The second kappa shape index (κ2) is 47.7. The van der Waals surface area contributed by atoms with Crippen molar-refractivity contribution in [3.05, 3.63) is 309 Å². The summed E-state index contributed by atoms with van der Waals surface area (Å²) in [5.41, 5.74) is 0.327. The first-order valence-electron chi connectivity index (χ1n) is 37.6. The summed E-state index contributed by atoms with van der Waals surface area (Å²) in [7, 11) is -0.0322. The molecule has 0 saturated carbocycles. The molecule has 19 nitrogen and oxygen atoms in total. The van der Waals surface area contributed by atoms with E-state index in [0.717, 1.165) is 132 Å². The van der Waals surface area contributed by atoms with Gasteiger partial charge in [-0.15, -0.1) is 23.5 Å². The van der Waals surface area contributed by atoms with Gasteiger partial charge in [-0.05, 0) is 181 Å². The normalized spacial score (nSPS) is 12.2. The summed E-state index contributed by atoms with van der Waals surface area (Å²) >= 11 is 29.7. The predicted octanol–water partition coefficient (Wildman–Crippen LogP) is 25.6. The maximum Gasteiger partial charge on any atom is 0.569 e. The quantitative estimate of drug-likeness (QED) is 0.00872. The number of urea groups is 1. The fourth-order valence-electron chi connectivity index (χ4n) is 11.6. The minimum atomic E-state index is -5.11. The molecule has 691 valence electrons. The van der Waals surface area contributed by atoms with Crippen LogP contribution in [0.3, 0.4) is 0 Å². The van der Waals surface area contributed by atoms with E-state index in [9.17, 15) is 84.3 Å². The number of aromatic nitrogens is 4. The van der Waals surface area contributed by atoms with Crippen LogP contribution in [-0.4, -0.2) is 113 Å². The number of benzene rings is 10. The molecule has 0 bridgehead atoms. The zero-order chi connectivity index (χ0) is 97.3. The lowest BCUT2D eigenvalue weighted by atomic mass is 10.0. The van der Waals surface area contributed by atoms with Gasteiger partial charge >= 0.3 is 42.4 Å². The number of hydrogen-bond acceptors (Lipinski definition) is 18. The molecule has 42 heteroatoms. The average molecular weight is 2040 g/mol. The summed E-state index contributed by atoms with van der Waals surface area (Å²) in [6.07, 6.45) is -5.71. The number of imide groups is 1. The van der Waals surface area contributed by atoms with E-state index in [2.05, 4.69) is 109 Å². The Kier molecular flexibility index (Phi) is 38.2. The lowest BCUT2D eigenvalue weighted by Gasteiger charge is -2.18. The van der Waals surface area contributed by atoms with Crippen molar-refractivity contribution in [2.45, 2.75) is 78.0 Å². The average Bonchev–Trinajstić information content (AvgIpc) is 1.69. The molecule has 2 N–H and O–H groups in total. The number of ether oxygens (including phenoxy) is 3. The highest BCUT2D eigenvalue weighted by molar-refractivity contribution is 9.10. The van der Waals surface area contributed by atoms with Crippen molar-refractivity contribution in [2.75, 3.05) is 28.4 Å². The third kappa shape index (κ3) is 27.8. The third-order valence-electron chi connectivity index (χ3n) is 18.1. The van der Waals surface area contributed by atoms with Crippen LogP contribution >= 0.6 is 86.2 Å². The fraction of sp³-hybridized carbons (Fsp3) is 0.156. The number of carbonyl (C=O) groups excluding carboxylic acids is 3. The molecule has 1 radical (unpaired) electrons. The molecule has 0 atom stereocenters. The van der Waals surface area contributed by atoms with Gasteiger partial charge in [0.15, 0.2) is 5.75 Å². The van der Waals surface area contributed by atoms with Gasteiger partial charge < -0.3 is 33.2 Å². The van der Waals surface area contributed by atoms with Crippen molar-refractivity contribution in [1.29, 1.82) is 0 Å². The molecule has 0 spiro atoms. The van der Waals surface area contributed by atoms with Crippen LogP contribution in [-0.2, 0) is 49.7 Å². The number of nitrogens with zero attached hydrogens (tertiary/aromatic N) is 7. The number of hydrogen-bond donors (Lipinski definition) is 2. The van der Waals surface area contributed by atoms with Crippen molar-refractivity contribution >= 4 is 171 Å². The lowest BCUT2D eigenvalue weighted by Crippen LogP contribution is -2.38. The van der Waals surface area contributed by atoms with E-state index in [1.807, 2.05) is 90.6 Å². The van der Waals surface area contributed by atoms with Gasteiger partial charge in [-0.1, -0.05) is 124 Å². The number of fused-ring (bicyclic) bond motifs is 4. The molecule has 0 unspecified atom stereocenters. The molecule has 5 heterocycles. The fourth-order valence-corrected chi connectivity index (χ4v) is 15.7. The van der Waals surface area contributed by atoms with Gasteiger partial charge in [0.1, 0.15) is 38.0 Å². The molecule has 4 amide bonds. The number of aliphatic hydroxyl groups is 1. The summed E-state index contributed by atoms with van der Waals surface area (Å²) in [5, 5.41) is 22.9. The summed E-state index contributed by atoms with van der Waals surface area (Å²) < 4.78 is 234. The van der Waals surface area contributed by atoms with Crippen LogP contribution in [0, 0.1) is 29.1 Å². The van der Waals surface area contributed by atoms with Gasteiger partial charge in [-0.25, -0.2) is 37.3 Å². The third-order valence-corrected chi connectivity index (χ3v) is 23.4. The number of alkyl halides is 9. The van der Waals surface area contributed by atoms with Crippen molar-refractivity contribution in [3.63, 3.8) is 0 Å². The number of pyridine rings is 4. The number of thioether (sulfide) groups is 2. The minimum absolute atomic E-state index is 0.00741. The van der Waals surface area contributed by atoms with Gasteiger partial charge in [-0.3, -0.25) is 19.6 Å². The summed E-state index contributed by atoms with van der Waals surface area (Å²) in [5.74, 6) is -13.2. The molecule has 1 aliphatic rings. The first-order valence-corrected chi connectivity index (χ1v) is 43.2. The minimum Gasteiger partial charge on any atom is -0.535 e. The van der Waals surface area contributed by atoms with Gasteiger partial charge in [-0.2, -0.15) is 61.1 Å². The number of aliphatic hydroxyl groups excluding tert-OH is 1. The van der Waals surface area contributed by atoms with E-state index in [1.54, 1.807) is 37.3 Å². The number of methoxy groups -OCH3 is 3. The Hall–Kier alpha value is -11.6. The second-order valence-electron chi connectivity index (χ2n) is 27.0. The summed E-state index contributed by atoms with van der Waals surface area (Å²) in [6, 6.07) is 57.3. The predicted molar refractivity (Wildman–Crippen MR) is 484 cm³/mol. The molecule has 4 aromatic heterocycles. The smallest absolute Gasteiger partial charge is 0.535 e. The van der Waals surface area contributed by atoms with Crippen LogP contribution in [0.2, 0.25) is 10.3 Å². The molecule has 1 saturated heterocycles. The number of aliphatic imine (C=N–C) groups is 1. The number of halogens is 19. The summed E-state index contributed by atoms with van der Waals surface area (Å²) in [4.78, 5) is 53.5. The first-order chi connectivity index (χ1) is 62.4. The van der Waals surface area contributed by atoms with Gasteiger partial charge in [0.2, 0.25) is 40.7 Å². The van der Waals surface area contributed by atoms with Crippen molar-refractivity contribution < 1.29 is 117 Å². The van der Waals surface area contributed by atoms with Crippen LogP contribution in [0.4, 0.5) is 66.3 Å². The van der Waals surface area contributed by atoms with Crippen molar-refractivity contribution in [3.8, 4) is 51.3 Å². The Balaban J connectivity index is 0.000000202. The molecular weight excluding hydrogens is 1970 g/mol. The zero-order valence-electron chi connectivity index (χ0n) is 69.6. The molecule has 132 heavy (non-hydrogen) atoms. The van der Waals surface area contributed by atoms with Crippen LogP contribution in [0.5, 0.6) is 28.7 Å². The number of rotatable bonds is 16. The van der Waals surface area contributed by atoms with Crippen molar-refractivity contribution in [1.82, 2.24) is 28.8 Å². The van der Waals surface area contributed by atoms with E-state index in [4.69, 9.17) is 66.4 Å². The highest BCUT2D eigenvalue weighted by atomic mass is 79.9. The summed E-state index contributed by atoms with van der Waals surface area (Å²) in [6.45, 7) is 6.16. The number of carbonyl (C=O) groups is 3. The molecular formula is C90H70BBrCl4F14N7O12S3. The molecule has 14 aromatic rings. The van der Waals surface area contributed by atoms with Gasteiger partial charge in [0, 0.05) is 127 Å². The van der Waals surface area contributed by atoms with E-state index in [0.29, 0.717) is 33.7 Å². The van der Waals surface area contributed by atoms with Crippen LogP contribution in [0.15, 0.2) is 261 Å². The molecule has 1 fully saturated rings. The zero-order valence-corrected chi connectivity index (χ0v) is 76.7. The first kappa shape index (κ1) is 106. The van der Waals surface area contributed by atoms with E-state index < -0.39 is 103 Å². The Morgan fingerprint density at radius 2 is 0.902 bits per heavy atom. The molecule has 0 aliphatic carbocycles. The van der Waals surface area contributed by atoms with E-state index >= 15 is 0 Å². The Morgan fingerprint density at radius 3 is 1.29 bits per heavy atom. The standard InChI is InChI=1S/C24H18F3NOS.C23H11F8NO4S.C16H12ClNS.C9H5BrClN.C8H7BF3O3.C5H6Cl2N2O2.C4H7NO.CH4O/c1-29-22-14-18(24(25,26)27)7-9-21(22)23-20-10-8-19(13-17(20)11-12-28-23)30-15-16-5-3-2-4-6-16;1-35-15-9-11(23(29,30)31)2-4-14(15)21-13-5-3-12(8-10(13)6-7-32-21)37(33,34)36-22-19(27)17(25)16(24)18(26)20(22)28;17-16-15-7-6-14(10-13(15)8-9-18-16)19-11-12-4-2-1-3-5-12;10-7-1-2-8-6(5-7)3-4-12-9(8)11;1-14-7-4-5(8(10,11)12)2-3-6(7)15-9-13;1-5(2)3(10)8(6)4(11)9(5)7;1-3-5-4(2)6;1-2/h2-14H,15H2,1H3;2-9H,1H3;1-10H,11H2;1-5H;2-4,13H,1H3;1-2H3;3H,1-2H3;2H,1H3. The molecule has 10 aromatic carbocycles. The monoisotopic (exact) mass is 2030 g/mol. The Morgan fingerprint density at radius 1 is 0.515 bits per heavy atom.